The van der Waals surface area contributed by atoms with Gasteiger partial charge in [-0.2, -0.15) is 0 Å². The second-order valence-electron chi connectivity index (χ2n) is 7.68. The largest absolute Gasteiger partial charge is 0.252 e. The van der Waals surface area contributed by atoms with E-state index >= 15 is 0 Å². The van der Waals surface area contributed by atoms with E-state index in [1.54, 1.807) is 0 Å². The molecule has 0 aliphatic heterocycles. The van der Waals surface area contributed by atoms with Gasteiger partial charge >= 0.3 is 0 Å². The molecule has 2 nitrogen and oxygen atoms in total. The summed E-state index contributed by atoms with van der Waals surface area (Å²) < 4.78 is 0. The highest BCUT2D eigenvalue weighted by molar-refractivity contribution is 5.09. The zero-order valence-corrected chi connectivity index (χ0v) is 12.8. The fourth-order valence-corrected chi connectivity index (χ4v) is 6.25. The standard InChI is InChI=1S/C17H30O2/c1-4-11(3)16(19-18)17(5-2)14-7-12-6-13(9-14)10-15(17)8-12/h11-16,18H,4-10H2,1-3H3. The predicted octanol–water partition coefficient (Wildman–Crippen LogP) is 4.74. The molecular weight excluding hydrogens is 236 g/mol. The summed E-state index contributed by atoms with van der Waals surface area (Å²) in [7, 11) is 0. The molecule has 0 aromatic rings. The van der Waals surface area contributed by atoms with Gasteiger partial charge in [0.15, 0.2) is 0 Å². The Kier molecular flexibility index (Phi) is 3.68. The molecule has 0 amide bonds. The lowest BCUT2D eigenvalue weighted by atomic mass is 9.42. The Morgan fingerprint density at radius 2 is 1.58 bits per heavy atom. The molecule has 4 bridgehead atoms. The van der Waals surface area contributed by atoms with Crippen LogP contribution in [0.5, 0.6) is 0 Å². The maximum atomic E-state index is 9.61. The van der Waals surface area contributed by atoms with Gasteiger partial charge in [0.25, 0.3) is 0 Å². The molecule has 0 radical (unpaired) electrons. The zero-order chi connectivity index (χ0) is 13.6. The van der Waals surface area contributed by atoms with E-state index in [0.29, 0.717) is 5.92 Å². The van der Waals surface area contributed by atoms with Crippen LogP contribution in [0.2, 0.25) is 0 Å². The highest BCUT2D eigenvalue weighted by atomic mass is 17.1. The summed E-state index contributed by atoms with van der Waals surface area (Å²) >= 11 is 0. The Morgan fingerprint density at radius 3 is 1.95 bits per heavy atom. The molecule has 4 rings (SSSR count). The van der Waals surface area contributed by atoms with Crippen molar-refractivity contribution in [2.24, 2.45) is 35.0 Å². The lowest BCUT2D eigenvalue weighted by molar-refractivity contribution is -0.342. The van der Waals surface area contributed by atoms with E-state index in [9.17, 15) is 5.26 Å². The van der Waals surface area contributed by atoms with Crippen molar-refractivity contribution in [1.29, 1.82) is 0 Å². The summed E-state index contributed by atoms with van der Waals surface area (Å²) in [6, 6.07) is 0. The Labute approximate surface area is 117 Å². The van der Waals surface area contributed by atoms with Crippen molar-refractivity contribution >= 4 is 0 Å². The predicted molar refractivity (Wildman–Crippen MR) is 76.7 cm³/mol. The molecule has 0 aromatic carbocycles. The Morgan fingerprint density at radius 1 is 1.05 bits per heavy atom. The molecule has 0 aromatic heterocycles. The second-order valence-corrected chi connectivity index (χ2v) is 7.68. The fourth-order valence-electron chi connectivity index (χ4n) is 6.25. The van der Waals surface area contributed by atoms with E-state index in [2.05, 4.69) is 20.8 Å². The van der Waals surface area contributed by atoms with Crippen LogP contribution in [0.1, 0.15) is 65.7 Å². The van der Waals surface area contributed by atoms with Crippen molar-refractivity contribution in [2.45, 2.75) is 71.8 Å². The molecule has 110 valence electrons. The third kappa shape index (κ3) is 1.90. The van der Waals surface area contributed by atoms with E-state index in [1.807, 2.05) is 0 Å². The molecule has 2 heteroatoms. The average molecular weight is 266 g/mol. The third-order valence-corrected chi connectivity index (χ3v) is 7.07. The van der Waals surface area contributed by atoms with Crippen LogP contribution in [0.4, 0.5) is 0 Å². The molecule has 0 heterocycles. The van der Waals surface area contributed by atoms with Gasteiger partial charge in [-0.05, 0) is 68.1 Å². The van der Waals surface area contributed by atoms with Gasteiger partial charge in [0.2, 0.25) is 0 Å². The topological polar surface area (TPSA) is 29.5 Å². The molecule has 19 heavy (non-hydrogen) atoms. The monoisotopic (exact) mass is 266 g/mol. The summed E-state index contributed by atoms with van der Waals surface area (Å²) in [6.07, 6.45) is 9.41. The minimum absolute atomic E-state index is 0.0532. The molecule has 0 saturated heterocycles. The quantitative estimate of drug-likeness (QED) is 0.575. The van der Waals surface area contributed by atoms with Gasteiger partial charge < -0.3 is 0 Å². The van der Waals surface area contributed by atoms with Crippen molar-refractivity contribution in [3.8, 4) is 0 Å². The van der Waals surface area contributed by atoms with Crippen molar-refractivity contribution in [3.63, 3.8) is 0 Å². The van der Waals surface area contributed by atoms with E-state index in [-0.39, 0.29) is 11.5 Å². The highest BCUT2D eigenvalue weighted by Crippen LogP contribution is 2.65. The molecule has 4 aliphatic carbocycles. The first-order valence-electron chi connectivity index (χ1n) is 8.45. The SMILES string of the molecule is CCC(C)C(OO)C1(CC)C2CC3CC(C2)CC1C3. The fraction of sp³-hybridized carbons (Fsp3) is 1.00. The van der Waals surface area contributed by atoms with Gasteiger partial charge in [-0.3, -0.25) is 5.26 Å². The van der Waals surface area contributed by atoms with Crippen LogP contribution in [0.25, 0.3) is 0 Å². The van der Waals surface area contributed by atoms with Crippen molar-refractivity contribution in [1.82, 2.24) is 0 Å². The smallest absolute Gasteiger partial charge is 0.101 e. The molecule has 4 fully saturated rings. The minimum atomic E-state index is 0.0532. The Balaban J connectivity index is 1.93. The number of hydrogen-bond donors (Lipinski definition) is 1. The first kappa shape index (κ1) is 13.9. The summed E-state index contributed by atoms with van der Waals surface area (Å²) in [5.41, 5.74) is 0.262. The summed E-state index contributed by atoms with van der Waals surface area (Å²) in [6.45, 7) is 6.80. The van der Waals surface area contributed by atoms with Gasteiger partial charge in [-0.15, -0.1) is 0 Å². The van der Waals surface area contributed by atoms with Crippen LogP contribution < -0.4 is 0 Å². The van der Waals surface area contributed by atoms with Crippen molar-refractivity contribution in [2.75, 3.05) is 0 Å². The minimum Gasteiger partial charge on any atom is -0.252 e. The summed E-state index contributed by atoms with van der Waals surface area (Å²) in [5.74, 6) is 4.04. The molecule has 0 spiro atoms. The van der Waals surface area contributed by atoms with Crippen molar-refractivity contribution in [3.05, 3.63) is 0 Å². The van der Waals surface area contributed by atoms with Gasteiger partial charge in [0, 0.05) is 5.41 Å². The third-order valence-electron chi connectivity index (χ3n) is 7.07. The van der Waals surface area contributed by atoms with Gasteiger partial charge in [0.1, 0.15) is 6.10 Å². The van der Waals surface area contributed by atoms with Crippen LogP contribution in [-0.2, 0) is 4.89 Å². The molecule has 2 unspecified atom stereocenters. The lowest BCUT2D eigenvalue weighted by Gasteiger charge is -2.63. The number of hydrogen-bond acceptors (Lipinski definition) is 2. The maximum absolute atomic E-state index is 9.61. The van der Waals surface area contributed by atoms with Gasteiger partial charge in [-0.25, -0.2) is 4.89 Å². The molecule has 4 aliphatic rings. The molecule has 1 N–H and O–H groups in total. The van der Waals surface area contributed by atoms with Gasteiger partial charge in [-0.1, -0.05) is 27.2 Å². The van der Waals surface area contributed by atoms with Crippen LogP contribution in [0, 0.1) is 35.0 Å². The van der Waals surface area contributed by atoms with Gasteiger partial charge in [0.05, 0.1) is 0 Å². The van der Waals surface area contributed by atoms with E-state index in [4.69, 9.17) is 4.89 Å². The van der Waals surface area contributed by atoms with E-state index < -0.39 is 0 Å². The second kappa shape index (κ2) is 5.04. The zero-order valence-electron chi connectivity index (χ0n) is 12.8. The molecular formula is C17H30O2. The normalized spacial score (nSPS) is 47.4. The first-order valence-corrected chi connectivity index (χ1v) is 8.45. The van der Waals surface area contributed by atoms with Crippen LogP contribution >= 0.6 is 0 Å². The number of rotatable bonds is 5. The van der Waals surface area contributed by atoms with Crippen LogP contribution in [0.15, 0.2) is 0 Å². The van der Waals surface area contributed by atoms with Crippen molar-refractivity contribution < 1.29 is 10.1 Å². The van der Waals surface area contributed by atoms with Crippen LogP contribution in [-0.4, -0.2) is 11.4 Å². The summed E-state index contributed by atoms with van der Waals surface area (Å²) in [4.78, 5) is 5.12. The van der Waals surface area contributed by atoms with E-state index in [0.717, 1.165) is 30.1 Å². The maximum Gasteiger partial charge on any atom is 0.101 e. The molecule has 2 atom stereocenters. The highest BCUT2D eigenvalue weighted by Gasteiger charge is 2.60. The molecule has 4 saturated carbocycles. The van der Waals surface area contributed by atoms with E-state index in [1.165, 1.54) is 38.5 Å². The lowest BCUT2D eigenvalue weighted by Crippen LogP contribution is -2.59. The Bertz CT molecular complexity index is 297. The Hall–Kier alpha value is -0.0800. The first-order chi connectivity index (χ1) is 9.15. The van der Waals surface area contributed by atoms with Crippen LogP contribution in [0.3, 0.4) is 0 Å². The average Bonchev–Trinajstić information content (AvgIpc) is 2.41. The summed E-state index contributed by atoms with van der Waals surface area (Å²) in [5, 5.41) is 9.61.